The van der Waals surface area contributed by atoms with E-state index in [-0.39, 0.29) is 5.52 Å². The molecule has 0 saturated heterocycles. The Labute approximate surface area is 193 Å². The first-order chi connectivity index (χ1) is 16.3. The molecule has 1 aliphatic rings. The fourth-order valence-electron chi connectivity index (χ4n) is 4.12. The van der Waals surface area contributed by atoms with Gasteiger partial charge in [-0.25, -0.2) is 9.78 Å². The minimum Gasteiger partial charge on any atom is -0.488 e. The first kappa shape index (κ1) is 21.8. The fraction of sp³-hybridized carbons (Fsp3) is 0.154. The summed E-state index contributed by atoms with van der Waals surface area (Å²) < 4.78 is 51.8. The number of benzene rings is 3. The zero-order valence-corrected chi connectivity index (χ0v) is 18.1. The minimum absolute atomic E-state index is 0.270. The van der Waals surface area contributed by atoms with E-state index >= 15 is 0 Å². The van der Waals surface area contributed by atoms with Crippen LogP contribution in [0.1, 0.15) is 32.6 Å². The molecule has 0 unspecified atom stereocenters. The molecule has 5 nitrogen and oxygen atoms in total. The predicted molar refractivity (Wildman–Crippen MR) is 120 cm³/mol. The van der Waals surface area contributed by atoms with Crippen molar-refractivity contribution in [3.8, 4) is 5.75 Å². The summed E-state index contributed by atoms with van der Waals surface area (Å²) in [7, 11) is 1.32. The molecule has 1 aromatic heterocycles. The number of hydrogen-bond acceptors (Lipinski definition) is 4. The molecule has 0 fully saturated rings. The van der Waals surface area contributed by atoms with E-state index in [0.717, 1.165) is 34.4 Å². The van der Waals surface area contributed by atoms with Gasteiger partial charge >= 0.3 is 12.1 Å². The highest BCUT2D eigenvalue weighted by atomic mass is 19.4. The molecule has 0 saturated carbocycles. The van der Waals surface area contributed by atoms with Crippen molar-refractivity contribution in [1.82, 2.24) is 9.55 Å². The second-order valence-corrected chi connectivity index (χ2v) is 7.86. The summed E-state index contributed by atoms with van der Waals surface area (Å²) in [6.07, 6.45) is -0.940. The largest absolute Gasteiger partial charge is 0.488 e. The summed E-state index contributed by atoms with van der Waals surface area (Å²) in [5.41, 5.74) is 4.03. The van der Waals surface area contributed by atoms with Crippen LogP contribution >= 0.6 is 0 Å². The maximum atomic E-state index is 13.1. The van der Waals surface area contributed by atoms with E-state index < -0.39 is 17.7 Å². The van der Waals surface area contributed by atoms with Crippen molar-refractivity contribution >= 4 is 22.6 Å². The Kier molecular flexibility index (Phi) is 5.36. The number of fused-ring (bicyclic) bond motifs is 3. The number of methoxy groups -OCH3 is 1. The number of carbonyl (C=O) groups excluding carboxylic acids is 1. The van der Waals surface area contributed by atoms with Gasteiger partial charge < -0.3 is 14.0 Å². The average molecular weight is 464 g/mol. The highest BCUT2D eigenvalue weighted by molar-refractivity contribution is 5.93. The Morgan fingerprint density at radius 3 is 2.74 bits per heavy atom. The van der Waals surface area contributed by atoms with Crippen LogP contribution in [0.2, 0.25) is 0 Å². The van der Waals surface area contributed by atoms with Gasteiger partial charge in [0.05, 0.1) is 35.6 Å². The number of alkyl halides is 3. The molecule has 0 atom stereocenters. The van der Waals surface area contributed by atoms with Crippen molar-refractivity contribution in [1.29, 1.82) is 0 Å². The quantitative estimate of drug-likeness (QED) is 0.356. The van der Waals surface area contributed by atoms with Gasteiger partial charge in [-0.05, 0) is 53.1 Å². The smallest absolute Gasteiger partial charge is 0.416 e. The van der Waals surface area contributed by atoms with E-state index in [1.165, 1.54) is 19.5 Å². The molecule has 0 radical (unpaired) electrons. The first-order valence-corrected chi connectivity index (χ1v) is 10.5. The van der Waals surface area contributed by atoms with Gasteiger partial charge in [-0.2, -0.15) is 13.2 Å². The second-order valence-electron chi connectivity index (χ2n) is 7.86. The standard InChI is InChI=1S/C26H19F3N2O3/c1-33-25(32)16-6-9-24-21(12-16)20(19-5-3-2-4-17(19)14-34-24)10-11-31-15-30-22-13-18(26(27,28)29)7-8-23(22)31/h2-10,12-13,15H,11,14H2,1H3/b20-10+. The number of imidazole rings is 1. The number of aromatic nitrogens is 2. The zero-order valence-electron chi connectivity index (χ0n) is 18.1. The Morgan fingerprint density at radius 1 is 1.12 bits per heavy atom. The molecule has 1 aliphatic heterocycles. The first-order valence-electron chi connectivity index (χ1n) is 10.5. The predicted octanol–water partition coefficient (Wildman–Crippen LogP) is 5.87. The zero-order chi connectivity index (χ0) is 23.9. The Hall–Kier alpha value is -4.07. The van der Waals surface area contributed by atoms with Gasteiger partial charge in [0.1, 0.15) is 12.4 Å². The highest BCUT2D eigenvalue weighted by Gasteiger charge is 2.30. The van der Waals surface area contributed by atoms with Crippen LogP contribution in [0.4, 0.5) is 13.2 Å². The molecule has 8 heteroatoms. The molecule has 0 aliphatic carbocycles. The number of carbonyl (C=O) groups is 1. The van der Waals surface area contributed by atoms with Crippen molar-refractivity contribution in [2.75, 3.05) is 7.11 Å². The fourth-order valence-corrected chi connectivity index (χ4v) is 4.12. The van der Waals surface area contributed by atoms with E-state index in [4.69, 9.17) is 9.47 Å². The summed E-state index contributed by atoms with van der Waals surface area (Å²) in [6, 6.07) is 16.5. The number of ether oxygens (including phenoxy) is 2. The third-order valence-electron chi connectivity index (χ3n) is 5.82. The number of hydrogen-bond donors (Lipinski definition) is 0. The highest BCUT2D eigenvalue weighted by Crippen LogP contribution is 2.38. The third kappa shape index (κ3) is 3.91. The van der Waals surface area contributed by atoms with Crippen LogP contribution in [0.25, 0.3) is 16.6 Å². The number of nitrogens with zero attached hydrogens (tertiary/aromatic N) is 2. The van der Waals surface area contributed by atoms with Crippen LogP contribution in [0.15, 0.2) is 73.1 Å². The number of rotatable bonds is 3. The van der Waals surface area contributed by atoms with Crippen LogP contribution < -0.4 is 4.74 Å². The SMILES string of the molecule is COC(=O)c1ccc2c(c1)/C(=C/Cn1cnc3cc(C(F)(F)F)ccc31)c1ccccc1CO2. The van der Waals surface area contributed by atoms with Gasteiger partial charge in [-0.1, -0.05) is 30.3 Å². The summed E-state index contributed by atoms with van der Waals surface area (Å²) in [5.74, 6) is 0.168. The molecule has 0 bridgehead atoms. The lowest BCUT2D eigenvalue weighted by Crippen LogP contribution is -2.04. The van der Waals surface area contributed by atoms with Gasteiger partial charge in [0.15, 0.2) is 0 Å². The third-order valence-corrected chi connectivity index (χ3v) is 5.82. The van der Waals surface area contributed by atoms with Gasteiger partial charge in [-0.15, -0.1) is 0 Å². The number of esters is 1. The molecule has 4 aromatic rings. The molecule has 5 rings (SSSR count). The van der Waals surface area contributed by atoms with E-state index in [2.05, 4.69) is 4.98 Å². The van der Waals surface area contributed by atoms with Crippen molar-refractivity contribution in [2.45, 2.75) is 19.3 Å². The van der Waals surface area contributed by atoms with Crippen molar-refractivity contribution in [3.05, 3.63) is 101 Å². The summed E-state index contributed by atoms with van der Waals surface area (Å²) in [5, 5.41) is 0. The van der Waals surface area contributed by atoms with Gasteiger partial charge in [0.25, 0.3) is 0 Å². The van der Waals surface area contributed by atoms with Gasteiger partial charge in [0.2, 0.25) is 0 Å². The summed E-state index contributed by atoms with van der Waals surface area (Å²) in [4.78, 5) is 16.3. The lowest BCUT2D eigenvalue weighted by Gasteiger charge is -2.12. The normalized spacial score (nSPS) is 14.3. The molecule has 0 amide bonds. The lowest BCUT2D eigenvalue weighted by molar-refractivity contribution is -0.137. The molecule has 172 valence electrons. The summed E-state index contributed by atoms with van der Waals surface area (Å²) >= 11 is 0. The Bertz CT molecular complexity index is 1440. The Morgan fingerprint density at radius 2 is 1.94 bits per heavy atom. The van der Waals surface area contributed by atoms with E-state index in [1.54, 1.807) is 22.8 Å². The van der Waals surface area contributed by atoms with Gasteiger partial charge in [0, 0.05) is 12.1 Å². The molecule has 0 N–H and O–H groups in total. The van der Waals surface area contributed by atoms with Crippen molar-refractivity contribution in [2.24, 2.45) is 0 Å². The molecular weight excluding hydrogens is 445 g/mol. The van der Waals surface area contributed by atoms with Crippen LogP contribution in [-0.2, 0) is 24.1 Å². The molecule has 3 aromatic carbocycles. The van der Waals surface area contributed by atoms with Crippen LogP contribution in [-0.4, -0.2) is 22.6 Å². The Balaban J connectivity index is 1.60. The van der Waals surface area contributed by atoms with Crippen LogP contribution in [0, 0.1) is 0 Å². The van der Waals surface area contributed by atoms with Crippen LogP contribution in [0.3, 0.4) is 0 Å². The van der Waals surface area contributed by atoms with Crippen molar-refractivity contribution < 1.29 is 27.4 Å². The maximum absolute atomic E-state index is 13.1. The van der Waals surface area contributed by atoms with E-state index in [1.807, 2.05) is 30.3 Å². The summed E-state index contributed by atoms with van der Waals surface area (Å²) in [6.45, 7) is 0.722. The monoisotopic (exact) mass is 464 g/mol. The number of allylic oxidation sites excluding steroid dienone is 1. The van der Waals surface area contributed by atoms with E-state index in [0.29, 0.717) is 30.0 Å². The number of halogens is 3. The minimum atomic E-state index is -4.43. The van der Waals surface area contributed by atoms with Crippen molar-refractivity contribution in [3.63, 3.8) is 0 Å². The molecule has 0 spiro atoms. The molecular formula is C26H19F3N2O3. The molecule has 2 heterocycles. The topological polar surface area (TPSA) is 53.4 Å². The van der Waals surface area contributed by atoms with Crippen LogP contribution in [0.5, 0.6) is 5.75 Å². The second kappa shape index (κ2) is 8.37. The van der Waals surface area contributed by atoms with Gasteiger partial charge in [-0.3, -0.25) is 0 Å². The lowest BCUT2D eigenvalue weighted by atomic mass is 9.93. The average Bonchev–Trinajstić information content (AvgIpc) is 3.17. The molecule has 34 heavy (non-hydrogen) atoms. The van der Waals surface area contributed by atoms with E-state index in [9.17, 15) is 18.0 Å². The maximum Gasteiger partial charge on any atom is 0.416 e.